The molecule has 3 atom stereocenters. The number of aliphatic hydroxyl groups is 1. The molecule has 0 spiro atoms. The molecular weight excluding hydrogens is 230 g/mol. The summed E-state index contributed by atoms with van der Waals surface area (Å²) in [5.41, 5.74) is -0.478. The number of alkyl halides is 1. The number of rotatable bonds is 2. The molecule has 4 nitrogen and oxygen atoms in total. The number of nitrogens with zero attached hydrogens (tertiary/aromatic N) is 1. The van der Waals surface area contributed by atoms with Gasteiger partial charge in [0.2, 0.25) is 0 Å². The van der Waals surface area contributed by atoms with Crippen molar-refractivity contribution in [3.8, 4) is 0 Å². The summed E-state index contributed by atoms with van der Waals surface area (Å²) >= 11 is 6.15. The van der Waals surface area contributed by atoms with E-state index >= 15 is 0 Å². The molecular formula is C11H16ClNO3. The average Bonchev–Trinajstić information content (AvgIpc) is 2.68. The number of hydrogen-bond acceptors (Lipinski definition) is 4. The van der Waals surface area contributed by atoms with Crippen molar-refractivity contribution in [2.75, 3.05) is 6.61 Å². The first-order chi connectivity index (χ1) is 7.53. The predicted molar refractivity (Wildman–Crippen MR) is 59.8 cm³/mol. The number of halogens is 1. The van der Waals surface area contributed by atoms with E-state index in [9.17, 15) is 9.90 Å². The Morgan fingerprint density at radius 1 is 1.81 bits per heavy atom. The van der Waals surface area contributed by atoms with Gasteiger partial charge in [-0.1, -0.05) is 6.58 Å². The van der Waals surface area contributed by atoms with Gasteiger partial charge in [0.15, 0.2) is 0 Å². The van der Waals surface area contributed by atoms with E-state index in [0.717, 1.165) is 5.57 Å². The van der Waals surface area contributed by atoms with Crippen LogP contribution in [0.3, 0.4) is 0 Å². The van der Waals surface area contributed by atoms with Crippen molar-refractivity contribution in [2.24, 2.45) is 0 Å². The van der Waals surface area contributed by atoms with Crippen molar-refractivity contribution in [3.63, 3.8) is 0 Å². The molecule has 5 heteroatoms. The first kappa shape index (κ1) is 11.9. The molecule has 90 valence electrons. The minimum atomic E-state index is -0.779. The summed E-state index contributed by atoms with van der Waals surface area (Å²) < 4.78 is 5.08. The molecule has 1 N–H and O–H groups in total. The fraction of sp³-hybridized carbons (Fsp3) is 0.727. The topological polar surface area (TPSA) is 49.8 Å². The van der Waals surface area contributed by atoms with E-state index < -0.39 is 17.3 Å². The Morgan fingerprint density at radius 3 is 3.12 bits per heavy atom. The van der Waals surface area contributed by atoms with Gasteiger partial charge in [-0.3, -0.25) is 4.79 Å². The van der Waals surface area contributed by atoms with Gasteiger partial charge in [0.05, 0.1) is 6.61 Å². The summed E-state index contributed by atoms with van der Waals surface area (Å²) in [5.74, 6) is -0.296. The molecule has 2 heterocycles. The van der Waals surface area contributed by atoms with Crippen molar-refractivity contribution < 1.29 is 14.6 Å². The zero-order valence-corrected chi connectivity index (χ0v) is 10.0. The third-order valence-corrected chi connectivity index (χ3v) is 3.91. The molecule has 16 heavy (non-hydrogen) atoms. The zero-order valence-electron chi connectivity index (χ0n) is 9.28. The molecule has 0 aromatic rings. The Hall–Kier alpha value is -0.580. The van der Waals surface area contributed by atoms with E-state index in [1.54, 1.807) is 11.8 Å². The molecule has 0 aliphatic carbocycles. The first-order valence-corrected chi connectivity index (χ1v) is 5.92. The average molecular weight is 246 g/mol. The monoisotopic (exact) mass is 245 g/mol. The fourth-order valence-electron chi connectivity index (χ4n) is 2.67. The highest BCUT2D eigenvalue weighted by atomic mass is 35.5. The summed E-state index contributed by atoms with van der Waals surface area (Å²) in [7, 11) is 0. The number of fused-ring (bicyclic) bond motifs is 1. The molecule has 2 fully saturated rings. The lowest BCUT2D eigenvalue weighted by atomic mass is 9.93. The number of carbonyl (C=O) groups excluding carboxylic acids is 1. The van der Waals surface area contributed by atoms with Crippen LogP contribution in [0.15, 0.2) is 12.2 Å². The molecule has 0 amide bonds. The molecule has 2 aliphatic rings. The van der Waals surface area contributed by atoms with E-state index in [-0.39, 0.29) is 5.97 Å². The second-order valence-corrected chi connectivity index (χ2v) is 4.76. The minimum Gasteiger partial charge on any atom is -0.465 e. The Labute approximate surface area is 99.8 Å². The van der Waals surface area contributed by atoms with Crippen LogP contribution >= 0.6 is 11.6 Å². The van der Waals surface area contributed by atoms with E-state index in [2.05, 4.69) is 6.58 Å². The van der Waals surface area contributed by atoms with Gasteiger partial charge in [0.1, 0.15) is 17.3 Å². The van der Waals surface area contributed by atoms with Crippen molar-refractivity contribution in [2.45, 2.75) is 43.5 Å². The van der Waals surface area contributed by atoms with Gasteiger partial charge in [-0.2, -0.15) is 0 Å². The summed E-state index contributed by atoms with van der Waals surface area (Å²) in [4.78, 5) is 13.6. The number of carbonyl (C=O) groups is 1. The number of ether oxygens (including phenoxy) is 1. The van der Waals surface area contributed by atoms with Crippen molar-refractivity contribution in [1.82, 2.24) is 4.90 Å². The molecule has 2 saturated heterocycles. The molecule has 0 radical (unpaired) electrons. The second kappa shape index (κ2) is 4.02. The third-order valence-electron chi connectivity index (χ3n) is 3.39. The van der Waals surface area contributed by atoms with Gasteiger partial charge in [-0.05, 0) is 25.3 Å². The van der Waals surface area contributed by atoms with Gasteiger partial charge in [-0.15, -0.1) is 11.6 Å². The van der Waals surface area contributed by atoms with Crippen molar-refractivity contribution >= 4 is 17.6 Å². The van der Waals surface area contributed by atoms with Crippen LogP contribution in [0.2, 0.25) is 0 Å². The van der Waals surface area contributed by atoms with Gasteiger partial charge >= 0.3 is 5.97 Å². The molecule has 2 aliphatic heterocycles. The van der Waals surface area contributed by atoms with E-state index in [0.29, 0.717) is 25.9 Å². The van der Waals surface area contributed by atoms with Crippen molar-refractivity contribution in [1.29, 1.82) is 0 Å². The number of hydrogen-bond donors (Lipinski definition) is 1. The molecule has 0 bridgehead atoms. The van der Waals surface area contributed by atoms with Crippen LogP contribution in [0.5, 0.6) is 0 Å². The van der Waals surface area contributed by atoms with Crippen LogP contribution in [0.4, 0.5) is 0 Å². The van der Waals surface area contributed by atoms with Crippen molar-refractivity contribution in [3.05, 3.63) is 12.2 Å². The van der Waals surface area contributed by atoms with Crippen LogP contribution in [-0.4, -0.2) is 39.9 Å². The van der Waals surface area contributed by atoms with Crippen LogP contribution in [-0.2, 0) is 9.53 Å². The van der Waals surface area contributed by atoms with Crippen LogP contribution in [0.1, 0.15) is 26.2 Å². The SMILES string of the molecule is C=C1CC2(C(=O)OCC)CCC(O)N2C1Cl. The maximum atomic E-state index is 12.0. The summed E-state index contributed by atoms with van der Waals surface area (Å²) in [6.07, 6.45) is 0.938. The maximum absolute atomic E-state index is 12.0. The van der Waals surface area contributed by atoms with Gasteiger partial charge < -0.3 is 9.84 Å². The summed E-state index contributed by atoms with van der Waals surface area (Å²) in [6.45, 7) is 5.95. The van der Waals surface area contributed by atoms with E-state index in [1.807, 2.05) is 0 Å². The van der Waals surface area contributed by atoms with E-state index in [1.165, 1.54) is 0 Å². The smallest absolute Gasteiger partial charge is 0.327 e. The van der Waals surface area contributed by atoms with E-state index in [4.69, 9.17) is 16.3 Å². The first-order valence-electron chi connectivity index (χ1n) is 5.48. The normalized spacial score (nSPS) is 38.8. The Bertz CT molecular complexity index is 333. The number of esters is 1. The highest BCUT2D eigenvalue weighted by Gasteiger charge is 2.59. The minimum absolute atomic E-state index is 0.296. The standard InChI is InChI=1S/C11H16ClNO3/c1-3-16-10(15)11-5-4-8(14)13(11)9(12)7(2)6-11/h8-9,14H,2-6H2,1H3. The van der Waals surface area contributed by atoms with Gasteiger partial charge in [-0.25, -0.2) is 4.90 Å². The van der Waals surface area contributed by atoms with Gasteiger partial charge in [0.25, 0.3) is 0 Å². The molecule has 0 aromatic heterocycles. The highest BCUT2D eigenvalue weighted by molar-refractivity contribution is 6.22. The summed E-state index contributed by atoms with van der Waals surface area (Å²) in [5, 5.41) is 9.86. The lowest BCUT2D eigenvalue weighted by Gasteiger charge is -2.31. The number of aliphatic hydroxyl groups excluding tert-OH is 1. The molecule has 3 unspecified atom stereocenters. The maximum Gasteiger partial charge on any atom is 0.327 e. The molecule has 0 aromatic carbocycles. The Kier molecular flexibility index (Phi) is 2.99. The highest BCUT2D eigenvalue weighted by Crippen LogP contribution is 2.48. The Morgan fingerprint density at radius 2 is 2.50 bits per heavy atom. The molecule has 0 saturated carbocycles. The second-order valence-electron chi connectivity index (χ2n) is 4.35. The lowest BCUT2D eigenvalue weighted by Crippen LogP contribution is -2.51. The predicted octanol–water partition coefficient (Wildman–Crippen LogP) is 1.23. The summed E-state index contributed by atoms with van der Waals surface area (Å²) in [6, 6.07) is 0. The van der Waals surface area contributed by atoms with Gasteiger partial charge in [0, 0.05) is 6.42 Å². The zero-order chi connectivity index (χ0) is 11.9. The van der Waals surface area contributed by atoms with Crippen LogP contribution in [0.25, 0.3) is 0 Å². The fourth-order valence-corrected chi connectivity index (χ4v) is 3.06. The Balaban J connectivity index is 2.31. The lowest BCUT2D eigenvalue weighted by molar-refractivity contribution is -0.158. The third kappa shape index (κ3) is 1.48. The quantitative estimate of drug-likeness (QED) is 0.344. The van der Waals surface area contributed by atoms with Crippen LogP contribution in [0, 0.1) is 0 Å². The largest absolute Gasteiger partial charge is 0.465 e. The molecule has 2 rings (SSSR count). The van der Waals surface area contributed by atoms with Crippen LogP contribution < -0.4 is 0 Å².